The molecule has 1 amide bonds. The van der Waals surface area contributed by atoms with Gasteiger partial charge in [0, 0.05) is 22.9 Å². The summed E-state index contributed by atoms with van der Waals surface area (Å²) in [6.07, 6.45) is 4.37. The third-order valence-electron chi connectivity index (χ3n) is 9.30. The maximum absolute atomic E-state index is 12.6. The summed E-state index contributed by atoms with van der Waals surface area (Å²) in [5, 5.41) is 10.7. The van der Waals surface area contributed by atoms with Gasteiger partial charge < -0.3 is 53.1 Å². The summed E-state index contributed by atoms with van der Waals surface area (Å²) in [5.74, 6) is 4.70. The largest absolute Gasteiger partial charge is 0.493 e. The number of aromatic nitrogens is 1. The zero-order chi connectivity index (χ0) is 38.7. The van der Waals surface area contributed by atoms with Crippen molar-refractivity contribution in [1.82, 2.24) is 10.5 Å². The predicted octanol–water partition coefficient (Wildman–Crippen LogP) is 8.32. The highest BCUT2D eigenvalue weighted by atomic mass is 16.5. The zero-order valence-electron chi connectivity index (χ0n) is 32.0. The second-order valence-electron chi connectivity index (χ2n) is 12.6. The van der Waals surface area contributed by atoms with E-state index in [0.29, 0.717) is 87.4 Å². The van der Waals surface area contributed by atoms with E-state index in [1.165, 1.54) is 0 Å². The van der Waals surface area contributed by atoms with Crippen LogP contribution in [0.4, 0.5) is 5.69 Å². The molecule has 1 aromatic heterocycles. The Morgan fingerprint density at radius 1 is 0.582 bits per heavy atom. The Balaban J connectivity index is 0.986. The van der Waals surface area contributed by atoms with Crippen molar-refractivity contribution in [2.24, 2.45) is 0 Å². The second-order valence-corrected chi connectivity index (χ2v) is 12.6. The van der Waals surface area contributed by atoms with Gasteiger partial charge in [-0.25, -0.2) is 0 Å². The van der Waals surface area contributed by atoms with Gasteiger partial charge in [0.15, 0.2) is 40.3 Å². The van der Waals surface area contributed by atoms with Gasteiger partial charge in [-0.05, 0) is 66.9 Å². The molecule has 2 heterocycles. The van der Waals surface area contributed by atoms with Gasteiger partial charge in [0.25, 0.3) is 5.91 Å². The fourth-order valence-electron chi connectivity index (χ4n) is 6.46. The minimum absolute atomic E-state index is 0.119. The third kappa shape index (κ3) is 8.61. The van der Waals surface area contributed by atoms with Crippen LogP contribution in [0.25, 0.3) is 22.6 Å². The van der Waals surface area contributed by atoms with Crippen LogP contribution in [-0.4, -0.2) is 66.9 Å². The Bertz CT molecular complexity index is 2060. The lowest BCUT2D eigenvalue weighted by Gasteiger charge is -2.28. The Labute approximate surface area is 320 Å². The maximum atomic E-state index is 12.6. The van der Waals surface area contributed by atoms with Crippen molar-refractivity contribution < 1.29 is 47.2 Å². The molecule has 0 saturated heterocycles. The molecule has 13 nitrogen and oxygen atoms in total. The first kappa shape index (κ1) is 38.5. The molecule has 0 fully saturated rings. The summed E-state index contributed by atoms with van der Waals surface area (Å²) in [7, 11) is 9.47. The number of benzene rings is 4. The number of para-hydroxylation sites is 1. The molecule has 55 heavy (non-hydrogen) atoms. The molecule has 0 spiro atoms. The van der Waals surface area contributed by atoms with Crippen LogP contribution >= 0.6 is 0 Å². The lowest BCUT2D eigenvalue weighted by atomic mass is 10.1. The van der Waals surface area contributed by atoms with Gasteiger partial charge in [-0.2, -0.15) is 0 Å². The molecule has 2 N–H and O–H groups in total. The van der Waals surface area contributed by atoms with E-state index in [9.17, 15) is 4.79 Å². The highest BCUT2D eigenvalue weighted by Crippen LogP contribution is 2.46. The van der Waals surface area contributed by atoms with Crippen LogP contribution in [0.3, 0.4) is 0 Å². The molecule has 0 saturated carbocycles. The SMILES string of the molecule is COc1cc(C2NC(=O)c3ccccc3N2)ccc1OCCCCCCCOc1c(OC)ccc(-c2cc(-c3cc(OC)c(OC)c(OC)c3)on2)c1OC. The monoisotopic (exact) mass is 753 g/mol. The number of hydrogen-bond acceptors (Lipinski definition) is 12. The topological polar surface area (TPSA) is 141 Å². The molecule has 290 valence electrons. The normalized spacial score (nSPS) is 13.2. The quantitative estimate of drug-likeness (QED) is 0.0784. The summed E-state index contributed by atoms with van der Waals surface area (Å²) in [6.45, 7) is 1.04. The van der Waals surface area contributed by atoms with Gasteiger partial charge >= 0.3 is 0 Å². The predicted molar refractivity (Wildman–Crippen MR) is 207 cm³/mol. The van der Waals surface area contributed by atoms with E-state index >= 15 is 0 Å². The molecule has 1 aliphatic heterocycles. The molecule has 4 aromatic carbocycles. The van der Waals surface area contributed by atoms with Gasteiger partial charge in [0.2, 0.25) is 11.5 Å². The maximum Gasteiger partial charge on any atom is 0.255 e. The van der Waals surface area contributed by atoms with Crippen molar-refractivity contribution in [3.63, 3.8) is 0 Å². The van der Waals surface area contributed by atoms with E-state index in [4.69, 9.17) is 42.4 Å². The summed E-state index contributed by atoms with van der Waals surface area (Å²) >= 11 is 0. The van der Waals surface area contributed by atoms with Crippen molar-refractivity contribution in [1.29, 1.82) is 0 Å². The van der Waals surface area contributed by atoms with Crippen molar-refractivity contribution >= 4 is 11.6 Å². The van der Waals surface area contributed by atoms with Crippen molar-refractivity contribution in [3.8, 4) is 68.6 Å². The number of rotatable bonds is 19. The van der Waals surface area contributed by atoms with Gasteiger partial charge in [-0.1, -0.05) is 42.6 Å². The van der Waals surface area contributed by atoms with Gasteiger partial charge in [0.05, 0.1) is 61.4 Å². The molecule has 0 bridgehead atoms. The molecular weight excluding hydrogens is 706 g/mol. The third-order valence-corrected chi connectivity index (χ3v) is 9.30. The zero-order valence-corrected chi connectivity index (χ0v) is 32.0. The first-order valence-corrected chi connectivity index (χ1v) is 18.0. The highest BCUT2D eigenvalue weighted by Gasteiger charge is 2.25. The van der Waals surface area contributed by atoms with E-state index in [0.717, 1.165) is 43.4 Å². The van der Waals surface area contributed by atoms with Crippen molar-refractivity contribution in [3.05, 3.63) is 83.9 Å². The van der Waals surface area contributed by atoms with Crippen LogP contribution in [0.5, 0.6) is 46.0 Å². The first-order valence-electron chi connectivity index (χ1n) is 18.0. The lowest BCUT2D eigenvalue weighted by molar-refractivity contribution is 0.0935. The average Bonchev–Trinajstić information content (AvgIpc) is 3.72. The van der Waals surface area contributed by atoms with Crippen LogP contribution in [-0.2, 0) is 0 Å². The summed E-state index contributed by atoms with van der Waals surface area (Å²) in [6, 6.07) is 22.3. The molecule has 0 radical (unpaired) electrons. The Hall–Kier alpha value is -6.24. The van der Waals surface area contributed by atoms with Gasteiger partial charge in [-0.15, -0.1) is 0 Å². The summed E-state index contributed by atoms with van der Waals surface area (Å²) in [4.78, 5) is 12.6. The number of amides is 1. The molecule has 0 aliphatic carbocycles. The number of carbonyl (C=O) groups is 1. The smallest absolute Gasteiger partial charge is 0.255 e. The Morgan fingerprint density at radius 2 is 1.24 bits per heavy atom. The second kappa shape index (κ2) is 18.2. The number of carbonyl (C=O) groups excluding carboxylic acids is 1. The number of methoxy groups -OCH3 is 6. The highest BCUT2D eigenvalue weighted by molar-refractivity contribution is 6.01. The fraction of sp³-hybridized carbons (Fsp3) is 0.333. The van der Waals surface area contributed by atoms with E-state index in [1.54, 1.807) is 60.9 Å². The van der Waals surface area contributed by atoms with Crippen LogP contribution < -0.4 is 48.5 Å². The minimum Gasteiger partial charge on any atom is -0.493 e. The number of anilines is 1. The number of nitrogens with zero attached hydrogens (tertiary/aromatic N) is 1. The van der Waals surface area contributed by atoms with Crippen LogP contribution in [0.2, 0.25) is 0 Å². The number of nitrogens with one attached hydrogen (secondary N) is 2. The van der Waals surface area contributed by atoms with E-state index in [-0.39, 0.29) is 12.1 Å². The molecular formula is C42H47N3O10. The average molecular weight is 754 g/mol. The molecule has 6 rings (SSSR count). The fourth-order valence-corrected chi connectivity index (χ4v) is 6.46. The van der Waals surface area contributed by atoms with Crippen LogP contribution in [0.1, 0.15) is 54.2 Å². The first-order chi connectivity index (χ1) is 26.9. The molecule has 1 atom stereocenters. The standard InChI is InChI=1S/C42H47N3O10/c1-47-33-19-17-28(31-25-34(55-45-31)27-23-36(49-3)39(52-6)37(24-27)50-4)38(51-5)40(33)54-21-13-9-7-8-12-20-53-32-18-16-26(22-35(32)48-2)41-43-30-15-11-10-14-29(30)42(46)44-41/h10-11,14-19,22-25,41,43H,7-9,12-13,20-21H2,1-6H3,(H,44,46). The van der Waals surface area contributed by atoms with Crippen molar-refractivity contribution in [2.75, 3.05) is 61.2 Å². The molecule has 5 aromatic rings. The number of fused-ring (bicyclic) bond motifs is 1. The Morgan fingerprint density at radius 3 is 1.93 bits per heavy atom. The van der Waals surface area contributed by atoms with Gasteiger partial charge in [-0.3, -0.25) is 4.79 Å². The van der Waals surface area contributed by atoms with Crippen LogP contribution in [0, 0.1) is 0 Å². The lowest BCUT2D eigenvalue weighted by Crippen LogP contribution is -2.38. The molecule has 1 unspecified atom stereocenters. The van der Waals surface area contributed by atoms with E-state index in [1.807, 2.05) is 54.6 Å². The van der Waals surface area contributed by atoms with Crippen LogP contribution in [0.15, 0.2) is 77.3 Å². The molecule has 13 heteroatoms. The number of ether oxygens (including phenoxy) is 8. The minimum atomic E-state index is -0.371. The van der Waals surface area contributed by atoms with Gasteiger partial charge in [0.1, 0.15) is 11.9 Å². The number of hydrogen-bond donors (Lipinski definition) is 2. The summed E-state index contributed by atoms with van der Waals surface area (Å²) < 4.78 is 51.6. The molecule has 1 aliphatic rings. The Kier molecular flexibility index (Phi) is 12.7. The van der Waals surface area contributed by atoms with E-state index in [2.05, 4.69) is 15.8 Å². The van der Waals surface area contributed by atoms with E-state index < -0.39 is 0 Å². The summed E-state index contributed by atoms with van der Waals surface area (Å²) in [5.41, 5.74) is 4.24. The van der Waals surface area contributed by atoms with Crippen molar-refractivity contribution in [2.45, 2.75) is 38.3 Å². The number of unbranched alkanes of at least 4 members (excludes halogenated alkanes) is 4.